The molecular weight excluding hydrogens is 568 g/mol. The molecule has 0 heterocycles. The van der Waals surface area contributed by atoms with Gasteiger partial charge in [-0.2, -0.15) is 0 Å². The van der Waals surface area contributed by atoms with Gasteiger partial charge in [-0.1, -0.05) is 152 Å². The summed E-state index contributed by atoms with van der Waals surface area (Å²) in [5.41, 5.74) is 0. The number of hydrogen-bond acceptors (Lipinski definition) is 4. The van der Waals surface area contributed by atoms with Crippen molar-refractivity contribution in [2.24, 2.45) is 0 Å². The molecule has 0 aromatic heterocycles. The minimum Gasteiger partial charge on any atom is -0.457 e. The molecule has 46 heavy (non-hydrogen) atoms. The normalized spacial score (nSPS) is 12.8. The van der Waals surface area contributed by atoms with Gasteiger partial charge in [0.05, 0.1) is 13.2 Å². The van der Waals surface area contributed by atoms with Gasteiger partial charge < -0.3 is 14.6 Å². The number of unbranched alkanes of at least 4 members (excludes halogenated alkanes) is 20. The predicted molar refractivity (Wildman–Crippen MR) is 200 cm³/mol. The van der Waals surface area contributed by atoms with E-state index in [9.17, 15) is 9.90 Å². The third-order valence-electron chi connectivity index (χ3n) is 8.38. The Bertz CT molecular complexity index is 723. The maximum Gasteiger partial charge on any atom is 0.306 e. The van der Waals surface area contributed by atoms with Crippen LogP contribution in [0.15, 0.2) is 48.6 Å². The molecule has 0 spiro atoms. The third-order valence-corrected chi connectivity index (χ3v) is 8.38. The summed E-state index contributed by atoms with van der Waals surface area (Å²) in [7, 11) is 0. The van der Waals surface area contributed by atoms with E-state index in [2.05, 4.69) is 62.5 Å². The molecule has 1 atom stereocenters. The van der Waals surface area contributed by atoms with Gasteiger partial charge in [-0.15, -0.1) is 0 Å². The summed E-state index contributed by atoms with van der Waals surface area (Å²) in [6.07, 6.45) is 50.1. The Balaban J connectivity index is 3.48. The zero-order chi connectivity index (χ0) is 33.4. The summed E-state index contributed by atoms with van der Waals surface area (Å²) < 4.78 is 11.1. The average molecular weight is 645 g/mol. The Morgan fingerprint density at radius 3 is 1.39 bits per heavy atom. The van der Waals surface area contributed by atoms with Crippen LogP contribution in [0.25, 0.3) is 0 Å². The molecule has 0 radical (unpaired) electrons. The predicted octanol–water partition coefficient (Wildman–Crippen LogP) is 12.7. The van der Waals surface area contributed by atoms with Crippen LogP contribution in [0.1, 0.15) is 187 Å². The number of esters is 1. The zero-order valence-electron chi connectivity index (χ0n) is 30.6. The Morgan fingerprint density at radius 2 is 0.913 bits per heavy atom. The third kappa shape index (κ3) is 36.8. The Morgan fingerprint density at radius 1 is 0.522 bits per heavy atom. The van der Waals surface area contributed by atoms with Crippen LogP contribution in [-0.4, -0.2) is 37.0 Å². The largest absolute Gasteiger partial charge is 0.457 e. The van der Waals surface area contributed by atoms with E-state index in [4.69, 9.17) is 9.47 Å². The molecule has 0 fully saturated rings. The van der Waals surface area contributed by atoms with E-state index >= 15 is 0 Å². The molecule has 0 aliphatic rings. The number of carbonyl (C=O) groups is 1. The second-order valence-electron chi connectivity index (χ2n) is 13.0. The summed E-state index contributed by atoms with van der Waals surface area (Å²) in [6, 6.07) is 0. The lowest BCUT2D eigenvalue weighted by molar-refractivity contribution is -0.154. The van der Waals surface area contributed by atoms with Crippen molar-refractivity contribution >= 4 is 5.97 Å². The lowest BCUT2D eigenvalue weighted by Gasteiger charge is -2.15. The highest BCUT2D eigenvalue weighted by atomic mass is 16.6. The number of hydrogen-bond donors (Lipinski definition) is 1. The van der Waals surface area contributed by atoms with Crippen LogP contribution >= 0.6 is 0 Å². The number of carbonyl (C=O) groups excluding carboxylic acids is 1. The topological polar surface area (TPSA) is 55.8 Å². The average Bonchev–Trinajstić information content (AvgIpc) is 3.06. The Kier molecular flexibility index (Phi) is 38.1. The van der Waals surface area contributed by atoms with Gasteiger partial charge in [0, 0.05) is 13.0 Å². The van der Waals surface area contributed by atoms with Gasteiger partial charge in [0.1, 0.15) is 6.10 Å². The molecule has 4 heteroatoms. The molecule has 0 saturated carbocycles. The van der Waals surface area contributed by atoms with Gasteiger partial charge in [0.15, 0.2) is 0 Å². The van der Waals surface area contributed by atoms with Crippen molar-refractivity contribution in [3.63, 3.8) is 0 Å². The van der Waals surface area contributed by atoms with Gasteiger partial charge in [-0.25, -0.2) is 0 Å². The van der Waals surface area contributed by atoms with Crippen LogP contribution in [0, 0.1) is 0 Å². The smallest absolute Gasteiger partial charge is 0.306 e. The van der Waals surface area contributed by atoms with Crippen molar-refractivity contribution in [1.29, 1.82) is 0 Å². The molecule has 0 amide bonds. The van der Waals surface area contributed by atoms with Gasteiger partial charge in [0.2, 0.25) is 0 Å². The molecule has 0 aliphatic carbocycles. The van der Waals surface area contributed by atoms with Gasteiger partial charge in [-0.05, 0) is 77.0 Å². The lowest BCUT2D eigenvalue weighted by atomic mass is 10.1. The first-order valence-corrected chi connectivity index (χ1v) is 19.7. The fourth-order valence-corrected chi connectivity index (χ4v) is 5.39. The van der Waals surface area contributed by atoms with Crippen molar-refractivity contribution in [3.05, 3.63) is 48.6 Å². The molecule has 4 nitrogen and oxygen atoms in total. The highest BCUT2D eigenvalue weighted by Crippen LogP contribution is 2.12. The minimum atomic E-state index is -0.544. The molecule has 268 valence electrons. The van der Waals surface area contributed by atoms with E-state index in [0.717, 1.165) is 44.9 Å². The molecule has 1 unspecified atom stereocenters. The fraction of sp³-hybridized carbons (Fsp3) is 0.786. The number of ether oxygens (including phenoxy) is 2. The molecule has 0 aliphatic heterocycles. The monoisotopic (exact) mass is 645 g/mol. The maximum atomic E-state index is 12.2. The number of rotatable bonds is 36. The van der Waals surface area contributed by atoms with Crippen LogP contribution < -0.4 is 0 Å². The van der Waals surface area contributed by atoms with E-state index in [1.54, 1.807) is 0 Å². The first-order chi connectivity index (χ1) is 22.7. The van der Waals surface area contributed by atoms with Crippen molar-refractivity contribution in [2.75, 3.05) is 19.8 Å². The van der Waals surface area contributed by atoms with E-state index in [-0.39, 0.29) is 19.2 Å². The first-order valence-electron chi connectivity index (χ1n) is 19.7. The van der Waals surface area contributed by atoms with Gasteiger partial charge in [-0.3, -0.25) is 4.79 Å². The molecule has 0 aromatic rings. The molecular formula is C42H76O4. The van der Waals surface area contributed by atoms with Crippen molar-refractivity contribution < 1.29 is 19.4 Å². The number of aliphatic hydroxyl groups is 1. The Labute approximate surface area is 286 Å². The SMILES string of the molecule is CCCCC/C=C\C/C=C\CCCCCCCC(=O)OC(CO)COCCCCCCCCCC/C=C\C/C=C\CCCCCC. The molecule has 0 saturated heterocycles. The molecule has 0 rings (SSSR count). The second-order valence-corrected chi connectivity index (χ2v) is 13.0. The van der Waals surface area contributed by atoms with Crippen molar-refractivity contribution in [1.82, 2.24) is 0 Å². The van der Waals surface area contributed by atoms with Crippen molar-refractivity contribution in [2.45, 2.75) is 193 Å². The maximum absolute atomic E-state index is 12.2. The van der Waals surface area contributed by atoms with E-state index < -0.39 is 6.10 Å². The number of allylic oxidation sites excluding steroid dienone is 8. The highest BCUT2D eigenvalue weighted by Gasteiger charge is 2.13. The van der Waals surface area contributed by atoms with E-state index in [0.29, 0.717) is 13.0 Å². The van der Waals surface area contributed by atoms with E-state index in [1.165, 1.54) is 122 Å². The van der Waals surface area contributed by atoms with Gasteiger partial charge in [0.25, 0.3) is 0 Å². The number of aliphatic hydroxyl groups excluding tert-OH is 1. The first kappa shape index (κ1) is 44.4. The van der Waals surface area contributed by atoms with Crippen molar-refractivity contribution in [3.8, 4) is 0 Å². The summed E-state index contributed by atoms with van der Waals surface area (Å²) in [5.74, 6) is -0.218. The summed E-state index contributed by atoms with van der Waals surface area (Å²) in [6.45, 7) is 5.28. The quantitative estimate of drug-likeness (QED) is 0.0419. The standard InChI is InChI=1S/C42H76O4/c1-3-5-7-9-11-13-15-17-19-20-21-22-24-26-28-30-32-34-36-38-45-40-41(39-43)46-42(44)37-35-33-31-29-27-25-23-18-16-14-12-10-8-6-4-2/h12-15,18-20,23,41,43H,3-11,16-17,21-22,24-40H2,1-2H3/b14-12-,15-13-,20-19-,23-18-. The molecule has 0 aromatic carbocycles. The second kappa shape index (κ2) is 39.5. The Hall–Kier alpha value is -1.65. The van der Waals surface area contributed by atoms with E-state index in [1.807, 2.05) is 0 Å². The van der Waals surface area contributed by atoms with Crippen LogP contribution in [0.2, 0.25) is 0 Å². The minimum absolute atomic E-state index is 0.181. The van der Waals surface area contributed by atoms with Crippen LogP contribution in [0.3, 0.4) is 0 Å². The van der Waals surface area contributed by atoms with Crippen LogP contribution in [0.4, 0.5) is 0 Å². The molecule has 0 bridgehead atoms. The summed E-state index contributed by atoms with van der Waals surface area (Å²) >= 11 is 0. The fourth-order valence-electron chi connectivity index (χ4n) is 5.39. The summed E-state index contributed by atoms with van der Waals surface area (Å²) in [4.78, 5) is 12.2. The van der Waals surface area contributed by atoms with Crippen LogP contribution in [-0.2, 0) is 14.3 Å². The van der Waals surface area contributed by atoms with Gasteiger partial charge >= 0.3 is 5.97 Å². The molecule has 1 N–H and O–H groups in total. The summed E-state index contributed by atoms with van der Waals surface area (Å²) in [5, 5.41) is 9.57. The van der Waals surface area contributed by atoms with Crippen LogP contribution in [0.5, 0.6) is 0 Å². The zero-order valence-corrected chi connectivity index (χ0v) is 30.6. The lowest BCUT2D eigenvalue weighted by Crippen LogP contribution is -2.27. The highest BCUT2D eigenvalue weighted by molar-refractivity contribution is 5.69.